The fraction of sp³-hybridized carbons (Fsp3) is 0.471. The number of rotatable bonds is 6. The smallest absolute Gasteiger partial charge is 0.275 e. The summed E-state index contributed by atoms with van der Waals surface area (Å²) in [5.41, 5.74) is 1.13. The van der Waals surface area contributed by atoms with Crippen LogP contribution < -0.4 is 19.7 Å². The Morgan fingerprint density at radius 2 is 2.27 bits per heavy atom. The summed E-state index contributed by atoms with van der Waals surface area (Å²) in [5.74, 6) is 4.00. The molecule has 5 heteroatoms. The lowest BCUT2D eigenvalue weighted by atomic mass is 10.0. The van der Waals surface area contributed by atoms with E-state index >= 15 is 0 Å². The third-order valence-electron chi connectivity index (χ3n) is 4.07. The molecule has 1 aliphatic rings. The van der Waals surface area contributed by atoms with Crippen molar-refractivity contribution in [2.24, 2.45) is 0 Å². The first-order valence-corrected chi connectivity index (χ1v) is 7.46. The molecule has 1 aliphatic heterocycles. The summed E-state index contributed by atoms with van der Waals surface area (Å²) >= 11 is 0. The highest BCUT2D eigenvalue weighted by Gasteiger charge is 2.33. The van der Waals surface area contributed by atoms with E-state index in [0.717, 1.165) is 36.4 Å². The van der Waals surface area contributed by atoms with Gasteiger partial charge in [0.15, 0.2) is 6.54 Å². The number of terminal acetylenes is 1. The molecule has 0 aliphatic carbocycles. The standard InChI is InChI=1S/C17H22N2O3/c1-4-9-18-17(20)12-19-10-5-6-15(19)14-8-7-13(21-2)11-16(14)22-3/h1,7-8,11,15H,5-6,9-10,12H2,2-3H3,(H,18,20)/p+1/t15-/m0/s1. The number of ether oxygens (including phenoxy) is 2. The minimum atomic E-state index is -0.00710. The Bertz CT molecular complexity index is 566. The minimum absolute atomic E-state index is 0.00710. The number of methoxy groups -OCH3 is 2. The van der Waals surface area contributed by atoms with Crippen LogP contribution in [0.1, 0.15) is 24.4 Å². The van der Waals surface area contributed by atoms with Crippen LogP contribution in [-0.4, -0.2) is 39.8 Å². The Hall–Kier alpha value is -2.19. The summed E-state index contributed by atoms with van der Waals surface area (Å²) in [5, 5.41) is 2.73. The molecule has 118 valence electrons. The second kappa shape index (κ2) is 7.71. The Balaban J connectivity index is 2.13. The quantitative estimate of drug-likeness (QED) is 0.737. The van der Waals surface area contributed by atoms with Crippen molar-refractivity contribution in [3.63, 3.8) is 0 Å². The van der Waals surface area contributed by atoms with E-state index in [0.29, 0.717) is 6.54 Å². The summed E-state index contributed by atoms with van der Waals surface area (Å²) in [7, 11) is 3.30. The van der Waals surface area contributed by atoms with Gasteiger partial charge in [-0.25, -0.2) is 0 Å². The number of carbonyl (C=O) groups excluding carboxylic acids is 1. The van der Waals surface area contributed by atoms with Crippen molar-refractivity contribution in [2.45, 2.75) is 18.9 Å². The van der Waals surface area contributed by atoms with E-state index in [1.807, 2.05) is 18.2 Å². The van der Waals surface area contributed by atoms with Gasteiger partial charge in [-0.3, -0.25) is 4.79 Å². The Morgan fingerprint density at radius 3 is 2.95 bits per heavy atom. The minimum Gasteiger partial charge on any atom is -0.497 e. The molecule has 2 rings (SSSR count). The zero-order chi connectivity index (χ0) is 15.9. The number of benzene rings is 1. The van der Waals surface area contributed by atoms with Gasteiger partial charge in [0.25, 0.3) is 5.91 Å². The molecule has 1 saturated heterocycles. The molecule has 1 aromatic rings. The topological polar surface area (TPSA) is 52.0 Å². The van der Waals surface area contributed by atoms with Crippen molar-refractivity contribution >= 4 is 5.91 Å². The largest absolute Gasteiger partial charge is 0.497 e. The van der Waals surface area contributed by atoms with Gasteiger partial charge >= 0.3 is 0 Å². The lowest BCUT2D eigenvalue weighted by Crippen LogP contribution is -3.11. The van der Waals surface area contributed by atoms with Crippen LogP contribution in [0.4, 0.5) is 0 Å². The Labute approximate surface area is 131 Å². The number of amides is 1. The highest BCUT2D eigenvalue weighted by Crippen LogP contribution is 2.31. The van der Waals surface area contributed by atoms with E-state index in [-0.39, 0.29) is 18.5 Å². The number of hydrogen-bond acceptors (Lipinski definition) is 3. The number of hydrogen-bond donors (Lipinski definition) is 2. The maximum Gasteiger partial charge on any atom is 0.275 e. The highest BCUT2D eigenvalue weighted by atomic mass is 16.5. The van der Waals surface area contributed by atoms with E-state index in [1.54, 1.807) is 14.2 Å². The van der Waals surface area contributed by atoms with E-state index in [2.05, 4.69) is 11.2 Å². The first kappa shape index (κ1) is 16.2. The maximum atomic E-state index is 11.9. The van der Waals surface area contributed by atoms with Gasteiger partial charge in [0.05, 0.1) is 32.9 Å². The molecule has 1 amide bonds. The van der Waals surface area contributed by atoms with Crippen molar-refractivity contribution < 1.29 is 19.2 Å². The molecule has 22 heavy (non-hydrogen) atoms. The lowest BCUT2D eigenvalue weighted by molar-refractivity contribution is -0.910. The van der Waals surface area contributed by atoms with Crippen LogP contribution in [0.3, 0.4) is 0 Å². The molecule has 0 radical (unpaired) electrons. The fourth-order valence-corrected chi connectivity index (χ4v) is 3.02. The van der Waals surface area contributed by atoms with E-state index in [1.165, 1.54) is 4.90 Å². The zero-order valence-electron chi connectivity index (χ0n) is 13.1. The Kier molecular flexibility index (Phi) is 5.68. The molecule has 0 spiro atoms. The van der Waals surface area contributed by atoms with Gasteiger partial charge in [-0.2, -0.15) is 0 Å². The molecule has 0 aromatic heterocycles. The Morgan fingerprint density at radius 1 is 1.45 bits per heavy atom. The second-order valence-corrected chi connectivity index (χ2v) is 5.37. The van der Waals surface area contributed by atoms with Crippen LogP contribution >= 0.6 is 0 Å². The van der Waals surface area contributed by atoms with E-state index < -0.39 is 0 Å². The van der Waals surface area contributed by atoms with Crippen LogP contribution in [0.15, 0.2) is 18.2 Å². The molecule has 1 aromatic carbocycles. The molecule has 2 N–H and O–H groups in total. The summed E-state index contributed by atoms with van der Waals surface area (Å²) in [6.45, 7) is 1.69. The number of nitrogens with one attached hydrogen (secondary N) is 2. The summed E-state index contributed by atoms with van der Waals surface area (Å²) in [4.78, 5) is 13.2. The highest BCUT2D eigenvalue weighted by molar-refractivity contribution is 5.77. The van der Waals surface area contributed by atoms with E-state index in [4.69, 9.17) is 15.9 Å². The number of quaternary nitrogens is 1. The maximum absolute atomic E-state index is 11.9. The number of likely N-dealkylation sites (tertiary alicyclic amines) is 1. The molecular formula is C17H23N2O3+. The molecule has 0 saturated carbocycles. The van der Waals surface area contributed by atoms with Gasteiger partial charge in [0.1, 0.15) is 17.5 Å². The van der Waals surface area contributed by atoms with Gasteiger partial charge in [-0.1, -0.05) is 5.92 Å². The molecule has 1 heterocycles. The van der Waals surface area contributed by atoms with Crippen LogP contribution in [-0.2, 0) is 4.79 Å². The van der Waals surface area contributed by atoms with Crippen molar-refractivity contribution in [2.75, 3.05) is 33.9 Å². The third kappa shape index (κ3) is 3.71. The van der Waals surface area contributed by atoms with Crippen LogP contribution in [0, 0.1) is 12.3 Å². The normalized spacial score (nSPS) is 20.2. The monoisotopic (exact) mass is 303 g/mol. The zero-order valence-corrected chi connectivity index (χ0v) is 13.1. The van der Waals surface area contributed by atoms with Gasteiger partial charge in [-0.15, -0.1) is 6.42 Å². The first-order chi connectivity index (χ1) is 10.7. The summed E-state index contributed by atoms with van der Waals surface area (Å²) in [6.07, 6.45) is 7.31. The van der Waals surface area contributed by atoms with Gasteiger partial charge in [0.2, 0.25) is 0 Å². The van der Waals surface area contributed by atoms with Crippen molar-refractivity contribution in [1.82, 2.24) is 5.32 Å². The summed E-state index contributed by atoms with van der Waals surface area (Å²) in [6, 6.07) is 6.13. The average molecular weight is 303 g/mol. The molecule has 1 fully saturated rings. The molecule has 0 bridgehead atoms. The van der Waals surface area contributed by atoms with Crippen LogP contribution in [0.2, 0.25) is 0 Å². The second-order valence-electron chi connectivity index (χ2n) is 5.37. The summed E-state index contributed by atoms with van der Waals surface area (Å²) < 4.78 is 10.7. The lowest BCUT2D eigenvalue weighted by Gasteiger charge is -2.23. The van der Waals surface area contributed by atoms with Crippen molar-refractivity contribution in [3.8, 4) is 23.8 Å². The SMILES string of the molecule is C#CCNC(=O)C[NH+]1CCC[C@H]1c1ccc(OC)cc1OC. The van der Waals surface area contributed by atoms with Gasteiger partial charge in [0, 0.05) is 18.9 Å². The van der Waals surface area contributed by atoms with E-state index in [9.17, 15) is 4.79 Å². The van der Waals surface area contributed by atoms with Crippen LogP contribution in [0.5, 0.6) is 11.5 Å². The molecule has 5 nitrogen and oxygen atoms in total. The first-order valence-electron chi connectivity index (χ1n) is 7.46. The molecular weight excluding hydrogens is 280 g/mol. The predicted molar refractivity (Wildman–Crippen MR) is 84.1 cm³/mol. The molecule has 1 unspecified atom stereocenters. The van der Waals surface area contributed by atoms with Gasteiger partial charge in [-0.05, 0) is 12.1 Å². The number of carbonyl (C=O) groups is 1. The predicted octanol–water partition coefficient (Wildman–Crippen LogP) is 0.173. The van der Waals surface area contributed by atoms with Gasteiger partial charge < -0.3 is 19.7 Å². The molecule has 2 atom stereocenters. The average Bonchev–Trinajstić information content (AvgIpc) is 3.00. The van der Waals surface area contributed by atoms with Crippen molar-refractivity contribution in [3.05, 3.63) is 23.8 Å². The van der Waals surface area contributed by atoms with Crippen molar-refractivity contribution in [1.29, 1.82) is 0 Å². The van der Waals surface area contributed by atoms with Crippen LogP contribution in [0.25, 0.3) is 0 Å². The third-order valence-corrected chi connectivity index (χ3v) is 4.07. The fourth-order valence-electron chi connectivity index (χ4n) is 3.02.